The zero-order valence-corrected chi connectivity index (χ0v) is 44.3. The van der Waals surface area contributed by atoms with Crippen LogP contribution in [0.2, 0.25) is 0 Å². The third kappa shape index (κ3) is 21.6. The van der Waals surface area contributed by atoms with E-state index >= 15 is 0 Å². The quantitative estimate of drug-likeness (QED) is 0.107. The lowest BCUT2D eigenvalue weighted by molar-refractivity contribution is -0.534. The SMILES string of the molecule is CC(=O)Oc1cc(OC(C)=O)c2c(c1)OC(c1ccc(OC(C)=O)c(OC(C)=O)c1)=C(O[C@@H]1[C@@H](O)[C@H](O)[C@@H](CO[C@@H]3O[C@@H](C)[C@H](OC(C)=O)[C@@H](OC(C)=O)[C@H]3OC(C)=O)O[C@H]1[O-])C2OC(C)=O.CC(=O)[O-].CC(=O)[O-].CC(=O)[O-]. The van der Waals surface area contributed by atoms with Crippen molar-refractivity contribution in [2.75, 3.05) is 6.61 Å². The number of aliphatic hydroxyl groups is 2. The normalized spacial score (nSPS) is 23.5. The van der Waals surface area contributed by atoms with Crippen LogP contribution in [0.25, 0.3) is 5.76 Å². The molecule has 1 unspecified atom stereocenters. The van der Waals surface area contributed by atoms with Gasteiger partial charge in [-0.15, -0.1) is 0 Å². The molecule has 0 radical (unpaired) electrons. The van der Waals surface area contributed by atoms with Gasteiger partial charge in [-0.05, 0) is 45.9 Å². The van der Waals surface area contributed by atoms with E-state index in [9.17, 15) is 53.7 Å². The molecule has 79 heavy (non-hydrogen) atoms. The van der Waals surface area contributed by atoms with Gasteiger partial charge in [0.2, 0.25) is 0 Å². The van der Waals surface area contributed by atoms with Crippen molar-refractivity contribution in [1.82, 2.24) is 0 Å². The van der Waals surface area contributed by atoms with Gasteiger partial charge in [0, 0.05) is 97.3 Å². The number of carboxylic acids is 3. The second-order valence-corrected chi connectivity index (χ2v) is 16.5. The van der Waals surface area contributed by atoms with E-state index in [1.807, 2.05) is 0 Å². The topological polar surface area (TPSA) is 440 Å². The Morgan fingerprint density at radius 1 is 0.532 bits per heavy atom. The van der Waals surface area contributed by atoms with Crippen molar-refractivity contribution in [3.63, 3.8) is 0 Å². The van der Waals surface area contributed by atoms with Gasteiger partial charge in [0.25, 0.3) is 0 Å². The number of fused-ring (bicyclic) bond motifs is 1. The number of aliphatic carboxylic acids is 3. The molecule has 2 fully saturated rings. The highest BCUT2D eigenvalue weighted by atomic mass is 16.7. The largest absolute Gasteiger partial charge is 0.828 e. The Bertz CT molecular complexity index is 2580. The summed E-state index contributed by atoms with van der Waals surface area (Å²) in [5.41, 5.74) is -0.339. The van der Waals surface area contributed by atoms with E-state index < -0.39 is 157 Å². The molecule has 0 saturated carbocycles. The van der Waals surface area contributed by atoms with Gasteiger partial charge in [-0.1, -0.05) is 0 Å². The van der Waals surface area contributed by atoms with Crippen LogP contribution in [0.15, 0.2) is 36.1 Å². The summed E-state index contributed by atoms with van der Waals surface area (Å²) >= 11 is 0. The predicted octanol–water partition coefficient (Wildman–Crippen LogP) is -3.23. The summed E-state index contributed by atoms with van der Waals surface area (Å²) in [4.78, 5) is 124. The maximum absolute atomic E-state index is 14.0. The third-order valence-electron chi connectivity index (χ3n) is 9.49. The predicted molar refractivity (Wildman–Crippen MR) is 245 cm³/mol. The fraction of sp³-hybridized carbons (Fsp3) is 0.490. The first-order chi connectivity index (χ1) is 36.6. The third-order valence-corrected chi connectivity index (χ3v) is 9.49. The molecular formula is C49H56O30-4. The molecule has 0 aliphatic carbocycles. The first kappa shape index (κ1) is 66.8. The van der Waals surface area contributed by atoms with Gasteiger partial charge in [0.15, 0.2) is 53.7 Å². The second-order valence-electron chi connectivity index (χ2n) is 16.5. The Morgan fingerprint density at radius 2 is 1.00 bits per heavy atom. The molecular weight excluding hydrogens is 1070 g/mol. The van der Waals surface area contributed by atoms with Crippen molar-refractivity contribution < 1.29 is 145 Å². The molecule has 0 aromatic heterocycles. The highest BCUT2D eigenvalue weighted by molar-refractivity contribution is 5.79. The maximum Gasteiger partial charge on any atom is 0.308 e. The van der Waals surface area contributed by atoms with Crippen LogP contribution in [0, 0.1) is 0 Å². The molecule has 3 heterocycles. The van der Waals surface area contributed by atoms with Crippen LogP contribution in [0.4, 0.5) is 0 Å². The Morgan fingerprint density at radius 3 is 1.49 bits per heavy atom. The van der Waals surface area contributed by atoms with E-state index in [0.29, 0.717) is 0 Å². The zero-order chi connectivity index (χ0) is 60.3. The number of rotatable bonds is 14. The van der Waals surface area contributed by atoms with Crippen LogP contribution in [-0.2, 0) is 90.6 Å². The Balaban J connectivity index is 0.00000161. The first-order valence-corrected chi connectivity index (χ1v) is 22.9. The van der Waals surface area contributed by atoms with E-state index in [1.54, 1.807) is 0 Å². The van der Waals surface area contributed by atoms with Crippen molar-refractivity contribution in [2.24, 2.45) is 0 Å². The lowest BCUT2D eigenvalue weighted by atomic mass is 9.96. The van der Waals surface area contributed by atoms with Gasteiger partial charge in [0.1, 0.15) is 41.7 Å². The highest BCUT2D eigenvalue weighted by Crippen LogP contribution is 2.51. The summed E-state index contributed by atoms with van der Waals surface area (Å²) < 4.78 is 72.4. The molecule has 3 aliphatic heterocycles. The van der Waals surface area contributed by atoms with Crippen LogP contribution < -0.4 is 44.1 Å². The van der Waals surface area contributed by atoms with E-state index in [-0.39, 0.29) is 34.1 Å². The monoisotopic (exact) mass is 1120 g/mol. The summed E-state index contributed by atoms with van der Waals surface area (Å²) in [5, 5.41) is 63.7. The van der Waals surface area contributed by atoms with Gasteiger partial charge >= 0.3 is 47.8 Å². The number of carbonyl (C=O) groups is 11. The second kappa shape index (κ2) is 30.6. The van der Waals surface area contributed by atoms with Crippen molar-refractivity contribution >= 4 is 71.4 Å². The van der Waals surface area contributed by atoms with Gasteiger partial charge in [-0.2, -0.15) is 0 Å². The van der Waals surface area contributed by atoms with Gasteiger partial charge in [-0.25, -0.2) is 0 Å². The Kier molecular flexibility index (Phi) is 25.9. The molecule has 2 aromatic rings. The number of carboxylic acid groups (broad SMARTS) is 3. The molecule has 30 nitrogen and oxygen atoms in total. The van der Waals surface area contributed by atoms with Gasteiger partial charge in [0.05, 0.1) is 18.3 Å². The van der Waals surface area contributed by atoms with E-state index in [0.717, 1.165) is 94.4 Å². The van der Waals surface area contributed by atoms with E-state index in [2.05, 4.69) is 0 Å². The number of ether oxygens (including phenoxy) is 13. The lowest BCUT2D eigenvalue weighted by Crippen LogP contribution is -2.64. The molecule has 5 rings (SSSR count). The maximum atomic E-state index is 14.0. The minimum Gasteiger partial charge on any atom is -0.828 e. The minimum atomic E-state index is -2.43. The summed E-state index contributed by atoms with van der Waals surface area (Å²) in [7, 11) is 0. The summed E-state index contributed by atoms with van der Waals surface area (Å²) in [6, 6.07) is 5.85. The molecule has 0 amide bonds. The van der Waals surface area contributed by atoms with Gasteiger partial charge < -0.3 is 107 Å². The van der Waals surface area contributed by atoms with E-state index in [4.69, 9.17) is 91.3 Å². The number of carbonyl (C=O) groups excluding carboxylic acids is 11. The summed E-state index contributed by atoms with van der Waals surface area (Å²) in [6.45, 7) is 12.0. The van der Waals surface area contributed by atoms with Crippen LogP contribution in [0.3, 0.4) is 0 Å². The Hall–Kier alpha value is -8.29. The van der Waals surface area contributed by atoms with Crippen molar-refractivity contribution in [3.8, 4) is 28.7 Å². The van der Waals surface area contributed by atoms with E-state index in [1.165, 1.54) is 19.1 Å². The standard InChI is InChI=1S/C43H47O24.3C2H4O2/c1-16-35(61-21(6)48)39(63-23(8)50)41(64-24(9)51)43(56-16)55-15-31-33(52)34(53)38(42(54)66-31)67-40-36(25-10-11-27(58-18(3)45)28(12-25)59-19(4)46)65-30-14-26(57-17(2)44)13-29(60-20(5)47)32(30)37(40)62-22(7)49;3*1-2(3)4/h10-14,16,31,33-35,37-39,41-43,52-53H,15H2,1-9H3;3*1H3,(H,3,4)/q-1;;;/p-3/t16-,31+,33+,34-,35-,37?,38+,39+,41+,42+,43+;;;/m0.../s1. The molecule has 0 spiro atoms. The minimum absolute atomic E-state index is 0.0931. The average molecular weight is 1120 g/mol. The molecule has 2 saturated heterocycles. The van der Waals surface area contributed by atoms with Crippen LogP contribution >= 0.6 is 0 Å². The van der Waals surface area contributed by atoms with Crippen molar-refractivity contribution in [1.29, 1.82) is 0 Å². The summed E-state index contributed by atoms with van der Waals surface area (Å²) in [5.74, 6) is -12.6. The molecule has 436 valence electrons. The van der Waals surface area contributed by atoms with Crippen LogP contribution in [-0.4, -0.2) is 144 Å². The van der Waals surface area contributed by atoms with Crippen LogP contribution in [0.1, 0.15) is 100 Å². The number of aliphatic hydroxyl groups excluding tert-OH is 2. The smallest absolute Gasteiger partial charge is 0.308 e. The number of esters is 8. The molecule has 2 N–H and O–H groups in total. The average Bonchev–Trinajstić information content (AvgIpc) is 3.29. The molecule has 3 aliphatic rings. The fourth-order valence-electron chi connectivity index (χ4n) is 7.12. The molecule has 30 heteroatoms. The first-order valence-electron chi connectivity index (χ1n) is 22.9. The van der Waals surface area contributed by atoms with Crippen LogP contribution in [0.5, 0.6) is 28.7 Å². The molecule has 0 bridgehead atoms. The molecule has 2 aromatic carbocycles. The summed E-state index contributed by atoms with van der Waals surface area (Å²) in [6.07, 6.45) is -19.2. The number of benzene rings is 2. The van der Waals surface area contributed by atoms with Gasteiger partial charge in [-0.3, -0.25) is 38.4 Å². The highest BCUT2D eigenvalue weighted by Gasteiger charge is 2.52. The van der Waals surface area contributed by atoms with Crippen molar-refractivity contribution in [2.45, 2.75) is 151 Å². The lowest BCUT2D eigenvalue weighted by Gasteiger charge is -2.47. The molecule has 11 atom stereocenters. The zero-order valence-electron chi connectivity index (χ0n) is 44.3. The Labute approximate surface area is 448 Å². The number of hydrogen-bond donors (Lipinski definition) is 2. The van der Waals surface area contributed by atoms with Crippen molar-refractivity contribution in [3.05, 3.63) is 47.2 Å². The number of hydrogen-bond acceptors (Lipinski definition) is 30. The fourth-order valence-corrected chi connectivity index (χ4v) is 7.12.